The van der Waals surface area contributed by atoms with E-state index in [1.165, 1.54) is 19.3 Å². The predicted molar refractivity (Wildman–Crippen MR) is 51.0 cm³/mol. The summed E-state index contributed by atoms with van der Waals surface area (Å²) in [5, 5.41) is 0. The predicted octanol–water partition coefficient (Wildman–Crippen LogP) is 4.39. The van der Waals surface area contributed by atoms with Gasteiger partial charge in [-0.1, -0.05) is 39.0 Å². The fourth-order valence-electron chi connectivity index (χ4n) is 1.82. The van der Waals surface area contributed by atoms with Crippen molar-refractivity contribution in [1.82, 2.24) is 0 Å². The Bertz CT molecular complexity index is 139. The van der Waals surface area contributed by atoms with Crippen molar-refractivity contribution >= 4 is 0 Å². The normalized spacial score (nSPS) is 19.4. The zero-order valence-electron chi connectivity index (χ0n) is 8.49. The van der Waals surface area contributed by atoms with E-state index >= 15 is 0 Å². The quantitative estimate of drug-likeness (QED) is 0.522. The summed E-state index contributed by atoms with van der Waals surface area (Å²) < 4.78 is 24.9. The van der Waals surface area contributed by atoms with Crippen LogP contribution in [0.2, 0.25) is 0 Å². The van der Waals surface area contributed by atoms with E-state index in [2.05, 4.69) is 6.92 Å². The molecule has 0 amide bonds. The highest BCUT2D eigenvalue weighted by molar-refractivity contribution is 4.94. The SMILES string of the molecule is CCCCCCCC1(C(F)F)CC1. The topological polar surface area (TPSA) is 0 Å². The molecule has 0 unspecified atom stereocenters. The van der Waals surface area contributed by atoms with E-state index in [4.69, 9.17) is 0 Å². The van der Waals surface area contributed by atoms with Gasteiger partial charge < -0.3 is 0 Å². The zero-order chi connectivity index (χ0) is 9.73. The van der Waals surface area contributed by atoms with Gasteiger partial charge in [0.2, 0.25) is 6.43 Å². The van der Waals surface area contributed by atoms with Gasteiger partial charge >= 0.3 is 0 Å². The van der Waals surface area contributed by atoms with Crippen molar-refractivity contribution in [2.75, 3.05) is 0 Å². The van der Waals surface area contributed by atoms with Crippen LogP contribution < -0.4 is 0 Å². The lowest BCUT2D eigenvalue weighted by Gasteiger charge is -2.12. The largest absolute Gasteiger partial charge is 0.244 e. The average molecular weight is 190 g/mol. The summed E-state index contributed by atoms with van der Waals surface area (Å²) in [4.78, 5) is 0. The third kappa shape index (κ3) is 3.24. The van der Waals surface area contributed by atoms with Crippen LogP contribution in [-0.2, 0) is 0 Å². The molecule has 0 heterocycles. The number of hydrogen-bond acceptors (Lipinski definition) is 0. The van der Waals surface area contributed by atoms with Crippen LogP contribution in [0.3, 0.4) is 0 Å². The van der Waals surface area contributed by atoms with Gasteiger partial charge in [-0.2, -0.15) is 0 Å². The van der Waals surface area contributed by atoms with Crippen molar-refractivity contribution in [3.8, 4) is 0 Å². The first-order valence-electron chi connectivity index (χ1n) is 5.49. The smallest absolute Gasteiger partial charge is 0.210 e. The van der Waals surface area contributed by atoms with Crippen LogP contribution in [0.4, 0.5) is 8.78 Å². The molecule has 1 aliphatic carbocycles. The molecule has 0 aromatic heterocycles. The van der Waals surface area contributed by atoms with E-state index in [0.717, 1.165) is 32.1 Å². The van der Waals surface area contributed by atoms with Gasteiger partial charge in [-0.3, -0.25) is 0 Å². The van der Waals surface area contributed by atoms with Crippen molar-refractivity contribution < 1.29 is 8.78 Å². The highest BCUT2D eigenvalue weighted by Crippen LogP contribution is 2.54. The summed E-state index contributed by atoms with van der Waals surface area (Å²) in [6.45, 7) is 2.17. The molecule has 13 heavy (non-hydrogen) atoms. The molecule has 1 saturated carbocycles. The minimum atomic E-state index is -2.07. The standard InChI is InChI=1S/C11H20F2/c1-2-3-4-5-6-7-11(8-9-11)10(12)13/h10H,2-9H2,1H3. The van der Waals surface area contributed by atoms with E-state index < -0.39 is 11.8 Å². The summed E-state index contributed by atoms with van der Waals surface area (Å²) in [6, 6.07) is 0. The molecule has 78 valence electrons. The molecule has 0 radical (unpaired) electrons. The number of halogens is 2. The molecule has 0 aromatic carbocycles. The van der Waals surface area contributed by atoms with Crippen LogP contribution in [0, 0.1) is 5.41 Å². The van der Waals surface area contributed by atoms with E-state index in [9.17, 15) is 8.78 Å². The molecule has 1 rings (SSSR count). The molecule has 0 N–H and O–H groups in total. The van der Waals surface area contributed by atoms with Gasteiger partial charge in [-0.25, -0.2) is 8.78 Å². The molecule has 1 aliphatic rings. The van der Waals surface area contributed by atoms with E-state index in [1.54, 1.807) is 0 Å². The Morgan fingerprint density at radius 3 is 2.15 bits per heavy atom. The lowest BCUT2D eigenvalue weighted by Crippen LogP contribution is -2.11. The second-order valence-electron chi connectivity index (χ2n) is 4.33. The maximum absolute atomic E-state index is 12.5. The number of alkyl halides is 2. The third-order valence-electron chi connectivity index (χ3n) is 3.13. The molecule has 0 nitrogen and oxygen atoms in total. The van der Waals surface area contributed by atoms with Crippen molar-refractivity contribution in [3.05, 3.63) is 0 Å². The molecule has 0 bridgehead atoms. The van der Waals surface area contributed by atoms with Crippen LogP contribution >= 0.6 is 0 Å². The Balaban J connectivity index is 1.99. The van der Waals surface area contributed by atoms with Gasteiger partial charge in [0.05, 0.1) is 0 Å². The molecular formula is C11H20F2. The first-order valence-corrected chi connectivity index (χ1v) is 5.49. The van der Waals surface area contributed by atoms with E-state index in [0.29, 0.717) is 0 Å². The molecule has 0 aromatic rings. The summed E-state index contributed by atoms with van der Waals surface area (Å²) in [6.07, 6.45) is 6.05. The molecule has 1 fully saturated rings. The lowest BCUT2D eigenvalue weighted by atomic mass is 9.98. The Hall–Kier alpha value is -0.140. The van der Waals surface area contributed by atoms with Gasteiger partial charge in [-0.05, 0) is 19.3 Å². The number of unbranched alkanes of at least 4 members (excludes halogenated alkanes) is 4. The Morgan fingerprint density at radius 1 is 1.08 bits per heavy atom. The molecule has 0 spiro atoms. The van der Waals surface area contributed by atoms with Crippen LogP contribution in [0.15, 0.2) is 0 Å². The molecule has 0 saturated heterocycles. The average Bonchev–Trinajstić information content (AvgIpc) is 2.85. The highest BCUT2D eigenvalue weighted by atomic mass is 19.3. The van der Waals surface area contributed by atoms with Crippen LogP contribution in [-0.4, -0.2) is 6.43 Å². The van der Waals surface area contributed by atoms with Gasteiger partial charge in [0.1, 0.15) is 0 Å². The molecule has 0 aliphatic heterocycles. The van der Waals surface area contributed by atoms with Crippen molar-refractivity contribution in [2.24, 2.45) is 5.41 Å². The first-order chi connectivity index (χ1) is 6.21. The number of rotatable bonds is 7. The van der Waals surface area contributed by atoms with E-state index in [-0.39, 0.29) is 0 Å². The fraction of sp³-hybridized carbons (Fsp3) is 1.00. The summed E-state index contributed by atoms with van der Waals surface area (Å²) in [5.41, 5.74) is -0.536. The molecular weight excluding hydrogens is 170 g/mol. The van der Waals surface area contributed by atoms with Gasteiger partial charge in [-0.15, -0.1) is 0 Å². The zero-order valence-corrected chi connectivity index (χ0v) is 8.49. The molecule has 2 heteroatoms. The maximum atomic E-state index is 12.5. The fourth-order valence-corrected chi connectivity index (χ4v) is 1.82. The van der Waals surface area contributed by atoms with Crippen LogP contribution in [0.25, 0.3) is 0 Å². The van der Waals surface area contributed by atoms with Crippen molar-refractivity contribution in [3.63, 3.8) is 0 Å². The summed E-state index contributed by atoms with van der Waals surface area (Å²) in [5.74, 6) is 0. The number of hydrogen-bond donors (Lipinski definition) is 0. The summed E-state index contributed by atoms with van der Waals surface area (Å²) in [7, 11) is 0. The van der Waals surface area contributed by atoms with E-state index in [1.807, 2.05) is 0 Å². The second-order valence-corrected chi connectivity index (χ2v) is 4.33. The Morgan fingerprint density at radius 2 is 1.69 bits per heavy atom. The van der Waals surface area contributed by atoms with Crippen molar-refractivity contribution in [2.45, 2.75) is 64.7 Å². The first kappa shape index (κ1) is 10.9. The highest BCUT2D eigenvalue weighted by Gasteiger charge is 2.49. The third-order valence-corrected chi connectivity index (χ3v) is 3.13. The second kappa shape index (κ2) is 4.92. The maximum Gasteiger partial charge on any atom is 0.244 e. The van der Waals surface area contributed by atoms with Gasteiger partial charge in [0, 0.05) is 5.41 Å². The Labute approximate surface area is 79.7 Å². The minimum Gasteiger partial charge on any atom is -0.210 e. The van der Waals surface area contributed by atoms with Gasteiger partial charge in [0.15, 0.2) is 0 Å². The van der Waals surface area contributed by atoms with Crippen molar-refractivity contribution in [1.29, 1.82) is 0 Å². The Kier molecular flexibility index (Phi) is 4.14. The van der Waals surface area contributed by atoms with Crippen LogP contribution in [0.5, 0.6) is 0 Å². The monoisotopic (exact) mass is 190 g/mol. The molecule has 0 atom stereocenters. The minimum absolute atomic E-state index is 0.536. The van der Waals surface area contributed by atoms with Crippen LogP contribution in [0.1, 0.15) is 58.3 Å². The lowest BCUT2D eigenvalue weighted by molar-refractivity contribution is 0.0548. The van der Waals surface area contributed by atoms with Gasteiger partial charge in [0.25, 0.3) is 0 Å². The summed E-state index contributed by atoms with van der Waals surface area (Å²) >= 11 is 0.